The van der Waals surface area contributed by atoms with Gasteiger partial charge in [-0.15, -0.1) is 0 Å². The second-order valence-electron chi connectivity index (χ2n) is 2.67. The van der Waals surface area contributed by atoms with Gasteiger partial charge in [0.1, 0.15) is 0 Å². The molecule has 3 nitrogen and oxygen atoms in total. The number of piperidine rings is 1. The highest BCUT2D eigenvalue weighted by molar-refractivity contribution is 5.02. The van der Waals surface area contributed by atoms with Gasteiger partial charge in [0, 0.05) is 13.1 Å². The number of hydrogen-bond acceptors (Lipinski definition) is 2. The van der Waals surface area contributed by atoms with E-state index >= 15 is 0 Å². The van der Waals surface area contributed by atoms with Gasteiger partial charge < -0.3 is 11.5 Å². The Kier molecular flexibility index (Phi) is 3.12. The highest BCUT2D eigenvalue weighted by atomic mass is 14.9. The number of hydrogen-bond donors (Lipinski definition) is 2. The van der Waals surface area contributed by atoms with Gasteiger partial charge in [-0.05, 0) is 31.3 Å². The summed E-state index contributed by atoms with van der Waals surface area (Å²) < 4.78 is 0. The standard InChI is InChI=1S/C7H15N3/c8-3-6-1-2-10-5-7(6)4-9/h7H,1-5,8-9H2. The minimum atomic E-state index is 0.471. The third kappa shape index (κ3) is 1.68. The number of rotatable bonds is 2. The van der Waals surface area contributed by atoms with E-state index in [1.807, 2.05) is 0 Å². The van der Waals surface area contributed by atoms with Gasteiger partial charge in [-0.1, -0.05) is 0 Å². The largest absolute Gasteiger partial charge is 0.330 e. The Balaban J connectivity index is 2.34. The highest BCUT2D eigenvalue weighted by Crippen LogP contribution is 2.19. The summed E-state index contributed by atoms with van der Waals surface area (Å²) in [5.74, 6) is 1.87. The molecule has 1 heterocycles. The van der Waals surface area contributed by atoms with Crippen LogP contribution in [0.15, 0.2) is 0 Å². The van der Waals surface area contributed by atoms with Crippen molar-refractivity contribution < 1.29 is 0 Å². The maximum absolute atomic E-state index is 5.53. The third-order valence-electron chi connectivity index (χ3n) is 2.06. The van der Waals surface area contributed by atoms with Crippen molar-refractivity contribution in [2.24, 2.45) is 17.4 Å². The van der Waals surface area contributed by atoms with Crippen LogP contribution in [0, 0.1) is 11.8 Å². The van der Waals surface area contributed by atoms with E-state index in [2.05, 4.69) is 5.32 Å². The van der Waals surface area contributed by atoms with Crippen LogP contribution in [-0.2, 0) is 0 Å². The lowest BCUT2D eigenvalue weighted by molar-refractivity contribution is 0.406. The first kappa shape index (κ1) is 7.98. The van der Waals surface area contributed by atoms with Crippen LogP contribution in [0.1, 0.15) is 6.42 Å². The maximum atomic E-state index is 5.53. The third-order valence-corrected chi connectivity index (χ3v) is 2.06. The Bertz CT molecular complexity index is 82.9. The summed E-state index contributed by atoms with van der Waals surface area (Å²) in [5.41, 5.74) is 11.1. The van der Waals surface area contributed by atoms with Gasteiger partial charge in [-0.3, -0.25) is 0 Å². The fourth-order valence-corrected chi connectivity index (χ4v) is 1.31. The van der Waals surface area contributed by atoms with Crippen LogP contribution in [0.5, 0.6) is 0 Å². The Hall–Kier alpha value is -0.120. The molecule has 0 amide bonds. The van der Waals surface area contributed by atoms with Crippen molar-refractivity contribution in [3.05, 3.63) is 5.92 Å². The molecule has 1 saturated heterocycles. The molecule has 0 aromatic rings. The van der Waals surface area contributed by atoms with Crippen molar-refractivity contribution in [3.63, 3.8) is 0 Å². The van der Waals surface area contributed by atoms with Crippen molar-refractivity contribution in [3.8, 4) is 0 Å². The molecule has 10 heavy (non-hydrogen) atoms. The molecule has 0 aromatic carbocycles. The van der Waals surface area contributed by atoms with Crippen LogP contribution < -0.4 is 16.8 Å². The van der Waals surface area contributed by atoms with E-state index in [4.69, 9.17) is 11.5 Å². The van der Waals surface area contributed by atoms with E-state index < -0.39 is 0 Å². The Morgan fingerprint density at radius 2 is 2.30 bits per heavy atom. The van der Waals surface area contributed by atoms with Crippen LogP contribution in [0.3, 0.4) is 0 Å². The number of nitrogens with two attached hydrogens (primary N) is 2. The second kappa shape index (κ2) is 3.91. The maximum Gasteiger partial charge on any atom is 0.0179 e. The number of nitrogens with zero attached hydrogens (tertiary/aromatic N) is 1. The normalized spacial score (nSPS) is 28.8. The average Bonchev–Trinajstić information content (AvgIpc) is 2.04. The first-order chi connectivity index (χ1) is 4.88. The van der Waals surface area contributed by atoms with Crippen LogP contribution in [0.2, 0.25) is 0 Å². The molecule has 1 aliphatic heterocycles. The molecule has 4 N–H and O–H groups in total. The first-order valence-electron chi connectivity index (χ1n) is 3.76. The minimum Gasteiger partial charge on any atom is -0.330 e. The fraction of sp³-hybridized carbons (Fsp3) is 0.857. The molecular weight excluding hydrogens is 126 g/mol. The highest BCUT2D eigenvalue weighted by Gasteiger charge is 2.22. The summed E-state index contributed by atoms with van der Waals surface area (Å²) in [6.07, 6.45) is 1.05. The molecule has 58 valence electrons. The SMILES string of the molecule is NC[C]1CC[N]CC1CN. The molecule has 1 aliphatic rings. The first-order valence-corrected chi connectivity index (χ1v) is 3.76. The van der Waals surface area contributed by atoms with E-state index in [0.717, 1.165) is 19.5 Å². The Morgan fingerprint density at radius 1 is 1.50 bits per heavy atom. The minimum absolute atomic E-state index is 0.471. The zero-order valence-electron chi connectivity index (χ0n) is 6.21. The predicted molar refractivity (Wildman–Crippen MR) is 41.3 cm³/mol. The molecule has 0 aromatic heterocycles. The fourth-order valence-electron chi connectivity index (χ4n) is 1.31. The molecule has 1 rings (SSSR count). The summed E-state index contributed by atoms with van der Waals surface area (Å²) in [4.78, 5) is 0. The van der Waals surface area contributed by atoms with Crippen LogP contribution >= 0.6 is 0 Å². The molecule has 0 saturated carbocycles. The predicted octanol–water partition coefficient (Wildman–Crippen LogP) is -0.897. The lowest BCUT2D eigenvalue weighted by Crippen LogP contribution is -2.38. The molecule has 1 fully saturated rings. The van der Waals surface area contributed by atoms with Gasteiger partial charge in [0.05, 0.1) is 0 Å². The van der Waals surface area contributed by atoms with Crippen LogP contribution in [0.25, 0.3) is 0 Å². The topological polar surface area (TPSA) is 66.1 Å². The molecular formula is C7H15N3. The molecule has 3 heteroatoms. The van der Waals surface area contributed by atoms with E-state index in [1.165, 1.54) is 5.92 Å². The summed E-state index contributed by atoms with van der Waals surface area (Å²) >= 11 is 0. The Labute approximate surface area is 62.2 Å². The molecule has 1 unspecified atom stereocenters. The zero-order chi connectivity index (χ0) is 7.40. The molecule has 0 bridgehead atoms. The summed E-state index contributed by atoms with van der Waals surface area (Å²) in [6, 6.07) is 0. The molecule has 2 radical (unpaired) electrons. The monoisotopic (exact) mass is 141 g/mol. The van der Waals surface area contributed by atoms with Gasteiger partial charge in [-0.25, -0.2) is 5.32 Å². The Morgan fingerprint density at radius 3 is 2.80 bits per heavy atom. The average molecular weight is 141 g/mol. The van der Waals surface area contributed by atoms with Crippen molar-refractivity contribution in [1.29, 1.82) is 0 Å². The van der Waals surface area contributed by atoms with Gasteiger partial charge in [0.25, 0.3) is 0 Å². The van der Waals surface area contributed by atoms with Gasteiger partial charge >= 0.3 is 0 Å². The summed E-state index contributed by atoms with van der Waals surface area (Å²) in [6.45, 7) is 3.24. The van der Waals surface area contributed by atoms with Crippen molar-refractivity contribution in [2.45, 2.75) is 6.42 Å². The van der Waals surface area contributed by atoms with E-state index in [1.54, 1.807) is 0 Å². The summed E-state index contributed by atoms with van der Waals surface area (Å²) in [5, 5.41) is 4.27. The van der Waals surface area contributed by atoms with Crippen LogP contribution in [-0.4, -0.2) is 26.2 Å². The van der Waals surface area contributed by atoms with Crippen molar-refractivity contribution >= 4 is 0 Å². The van der Waals surface area contributed by atoms with Crippen molar-refractivity contribution in [2.75, 3.05) is 26.2 Å². The molecule has 0 aliphatic carbocycles. The lowest BCUT2D eigenvalue weighted by atomic mass is 9.87. The van der Waals surface area contributed by atoms with E-state index in [0.29, 0.717) is 19.0 Å². The lowest BCUT2D eigenvalue weighted by Gasteiger charge is -2.28. The van der Waals surface area contributed by atoms with Gasteiger partial charge in [0.2, 0.25) is 0 Å². The van der Waals surface area contributed by atoms with Gasteiger partial charge in [0.15, 0.2) is 0 Å². The zero-order valence-corrected chi connectivity index (χ0v) is 6.21. The second-order valence-corrected chi connectivity index (χ2v) is 2.67. The van der Waals surface area contributed by atoms with E-state index in [-0.39, 0.29) is 0 Å². The summed E-state index contributed by atoms with van der Waals surface area (Å²) in [7, 11) is 0. The van der Waals surface area contributed by atoms with Gasteiger partial charge in [-0.2, -0.15) is 0 Å². The molecule has 0 spiro atoms. The van der Waals surface area contributed by atoms with E-state index in [9.17, 15) is 0 Å². The van der Waals surface area contributed by atoms with Crippen molar-refractivity contribution in [1.82, 2.24) is 5.32 Å². The quantitative estimate of drug-likeness (QED) is 0.523. The smallest absolute Gasteiger partial charge is 0.0179 e. The van der Waals surface area contributed by atoms with Crippen LogP contribution in [0.4, 0.5) is 0 Å². The molecule has 1 atom stereocenters.